The Labute approximate surface area is 181 Å². The highest BCUT2D eigenvalue weighted by atomic mass is 16.5. The standard InChI is InChI=1S/C25H23N3O3/c1-30-21-13-8-10-18(15-21)24-22(17-28(27-24)20-11-4-3-5-12-20)25(29)26-16-19-9-6-7-14-23(19)31-2/h3-15,17H,16H2,1-2H3,(H,26,29). The average Bonchev–Trinajstić information content (AvgIpc) is 3.29. The van der Waals surface area contributed by atoms with Crippen molar-refractivity contribution < 1.29 is 14.3 Å². The van der Waals surface area contributed by atoms with Gasteiger partial charge < -0.3 is 14.8 Å². The van der Waals surface area contributed by atoms with Crippen LogP contribution in [0.3, 0.4) is 0 Å². The Kier molecular flexibility index (Phi) is 5.98. The number of hydrogen-bond donors (Lipinski definition) is 1. The summed E-state index contributed by atoms with van der Waals surface area (Å²) in [6.45, 7) is 0.344. The Morgan fingerprint density at radius 3 is 2.48 bits per heavy atom. The molecule has 3 aromatic carbocycles. The number of benzene rings is 3. The molecule has 0 fully saturated rings. The average molecular weight is 413 g/mol. The van der Waals surface area contributed by atoms with Crippen LogP contribution in [-0.2, 0) is 6.54 Å². The van der Waals surface area contributed by atoms with Crippen molar-refractivity contribution in [3.8, 4) is 28.4 Å². The first kappa shape index (κ1) is 20.2. The Bertz CT molecular complexity index is 1190. The largest absolute Gasteiger partial charge is 0.497 e. The summed E-state index contributed by atoms with van der Waals surface area (Å²) >= 11 is 0. The van der Waals surface area contributed by atoms with Gasteiger partial charge in [-0.05, 0) is 30.3 Å². The third-order valence-corrected chi connectivity index (χ3v) is 4.95. The summed E-state index contributed by atoms with van der Waals surface area (Å²) in [5, 5.41) is 7.70. The second-order valence-electron chi connectivity index (χ2n) is 6.90. The number of methoxy groups -OCH3 is 2. The summed E-state index contributed by atoms with van der Waals surface area (Å²) in [7, 11) is 3.23. The maximum atomic E-state index is 13.2. The van der Waals surface area contributed by atoms with Gasteiger partial charge in [0.05, 0.1) is 25.5 Å². The molecule has 0 radical (unpaired) electrons. The van der Waals surface area contributed by atoms with E-state index in [4.69, 9.17) is 14.6 Å². The van der Waals surface area contributed by atoms with Gasteiger partial charge in [0.2, 0.25) is 0 Å². The van der Waals surface area contributed by atoms with Crippen molar-refractivity contribution in [1.82, 2.24) is 15.1 Å². The Hall–Kier alpha value is -4.06. The molecule has 0 saturated heterocycles. The molecule has 0 aliphatic rings. The summed E-state index contributed by atoms with van der Waals surface area (Å²) in [6, 6.07) is 24.8. The molecular formula is C25H23N3O3. The van der Waals surface area contributed by atoms with Gasteiger partial charge in [-0.1, -0.05) is 48.5 Å². The molecular weight excluding hydrogens is 390 g/mol. The SMILES string of the molecule is COc1cccc(-c2nn(-c3ccccc3)cc2C(=O)NCc2ccccc2OC)c1. The molecule has 1 N–H and O–H groups in total. The van der Waals surface area contributed by atoms with Crippen LogP contribution in [0.4, 0.5) is 0 Å². The van der Waals surface area contributed by atoms with E-state index in [-0.39, 0.29) is 5.91 Å². The third-order valence-electron chi connectivity index (χ3n) is 4.95. The van der Waals surface area contributed by atoms with Crippen LogP contribution in [0.25, 0.3) is 16.9 Å². The molecule has 6 heteroatoms. The molecule has 0 unspecified atom stereocenters. The first-order chi connectivity index (χ1) is 15.2. The number of amides is 1. The van der Waals surface area contributed by atoms with Gasteiger partial charge in [-0.3, -0.25) is 4.79 Å². The fourth-order valence-corrected chi connectivity index (χ4v) is 3.36. The zero-order valence-corrected chi connectivity index (χ0v) is 17.4. The predicted octanol–water partition coefficient (Wildman–Crippen LogP) is 4.49. The van der Waals surface area contributed by atoms with Crippen LogP contribution >= 0.6 is 0 Å². The molecule has 0 bridgehead atoms. The van der Waals surface area contributed by atoms with Crippen molar-refractivity contribution in [1.29, 1.82) is 0 Å². The minimum Gasteiger partial charge on any atom is -0.497 e. The van der Waals surface area contributed by atoms with Crippen LogP contribution in [0.5, 0.6) is 11.5 Å². The van der Waals surface area contributed by atoms with E-state index in [1.165, 1.54) is 0 Å². The normalized spacial score (nSPS) is 10.5. The monoisotopic (exact) mass is 413 g/mol. The van der Waals surface area contributed by atoms with Gasteiger partial charge in [0.15, 0.2) is 0 Å². The lowest BCUT2D eigenvalue weighted by molar-refractivity contribution is 0.0951. The molecule has 6 nitrogen and oxygen atoms in total. The third kappa shape index (κ3) is 4.43. The van der Waals surface area contributed by atoms with Gasteiger partial charge >= 0.3 is 0 Å². The van der Waals surface area contributed by atoms with Gasteiger partial charge in [0.25, 0.3) is 5.91 Å². The second-order valence-corrected chi connectivity index (χ2v) is 6.90. The Morgan fingerprint density at radius 1 is 0.935 bits per heavy atom. The van der Waals surface area contributed by atoms with Crippen LogP contribution in [0.1, 0.15) is 15.9 Å². The van der Waals surface area contributed by atoms with Gasteiger partial charge in [-0.15, -0.1) is 0 Å². The molecule has 0 aliphatic carbocycles. The zero-order valence-electron chi connectivity index (χ0n) is 17.4. The quantitative estimate of drug-likeness (QED) is 0.485. The molecule has 4 aromatic rings. The first-order valence-electron chi connectivity index (χ1n) is 9.89. The van der Waals surface area contributed by atoms with Gasteiger partial charge in [-0.25, -0.2) is 4.68 Å². The van der Waals surface area contributed by atoms with Crippen molar-refractivity contribution in [2.75, 3.05) is 14.2 Å². The van der Waals surface area contributed by atoms with E-state index in [1.807, 2.05) is 78.9 Å². The fraction of sp³-hybridized carbons (Fsp3) is 0.120. The lowest BCUT2D eigenvalue weighted by Crippen LogP contribution is -2.23. The minimum absolute atomic E-state index is 0.217. The van der Waals surface area contributed by atoms with Crippen LogP contribution in [0.2, 0.25) is 0 Å². The second kappa shape index (κ2) is 9.17. The number of carbonyl (C=O) groups is 1. The number of ether oxygens (including phenoxy) is 2. The number of para-hydroxylation sites is 2. The molecule has 0 aliphatic heterocycles. The molecule has 31 heavy (non-hydrogen) atoms. The van der Waals surface area contributed by atoms with Crippen LogP contribution in [0.15, 0.2) is 85.1 Å². The molecule has 4 rings (SSSR count). The lowest BCUT2D eigenvalue weighted by atomic mass is 10.1. The molecule has 0 atom stereocenters. The van der Waals surface area contributed by atoms with Gasteiger partial charge in [-0.2, -0.15) is 5.10 Å². The lowest BCUT2D eigenvalue weighted by Gasteiger charge is -2.10. The number of nitrogens with zero attached hydrogens (tertiary/aromatic N) is 2. The van der Waals surface area contributed by atoms with E-state index in [0.717, 1.165) is 22.6 Å². The van der Waals surface area contributed by atoms with E-state index in [1.54, 1.807) is 25.1 Å². The van der Waals surface area contributed by atoms with Crippen LogP contribution < -0.4 is 14.8 Å². The maximum absolute atomic E-state index is 13.2. The van der Waals surface area contributed by atoms with Crippen molar-refractivity contribution in [3.63, 3.8) is 0 Å². The highest BCUT2D eigenvalue weighted by molar-refractivity contribution is 6.00. The number of carbonyl (C=O) groups excluding carboxylic acids is 1. The molecule has 1 aromatic heterocycles. The molecule has 0 spiro atoms. The number of hydrogen-bond acceptors (Lipinski definition) is 4. The van der Waals surface area contributed by atoms with Crippen molar-refractivity contribution in [2.45, 2.75) is 6.54 Å². The zero-order chi connectivity index (χ0) is 21.6. The molecule has 1 amide bonds. The first-order valence-corrected chi connectivity index (χ1v) is 9.89. The fourth-order valence-electron chi connectivity index (χ4n) is 3.36. The van der Waals surface area contributed by atoms with Crippen molar-refractivity contribution in [3.05, 3.63) is 96.2 Å². The van der Waals surface area contributed by atoms with E-state index in [0.29, 0.717) is 23.6 Å². The van der Waals surface area contributed by atoms with E-state index < -0.39 is 0 Å². The number of rotatable bonds is 7. The number of nitrogens with one attached hydrogen (secondary N) is 1. The van der Waals surface area contributed by atoms with E-state index in [2.05, 4.69) is 5.32 Å². The summed E-state index contributed by atoms with van der Waals surface area (Å²) < 4.78 is 12.4. The summed E-state index contributed by atoms with van der Waals surface area (Å²) in [6.07, 6.45) is 1.75. The topological polar surface area (TPSA) is 65.4 Å². The van der Waals surface area contributed by atoms with Gasteiger partial charge in [0.1, 0.15) is 17.2 Å². The minimum atomic E-state index is -0.217. The maximum Gasteiger partial charge on any atom is 0.255 e. The summed E-state index contributed by atoms with van der Waals surface area (Å²) in [5.41, 5.74) is 3.64. The number of aromatic nitrogens is 2. The molecule has 156 valence electrons. The van der Waals surface area contributed by atoms with Crippen molar-refractivity contribution >= 4 is 5.91 Å². The van der Waals surface area contributed by atoms with Crippen molar-refractivity contribution in [2.24, 2.45) is 0 Å². The highest BCUT2D eigenvalue weighted by Crippen LogP contribution is 2.27. The molecule has 1 heterocycles. The smallest absolute Gasteiger partial charge is 0.255 e. The summed E-state index contributed by atoms with van der Waals surface area (Å²) in [5.74, 6) is 1.22. The van der Waals surface area contributed by atoms with E-state index in [9.17, 15) is 4.79 Å². The predicted molar refractivity (Wildman–Crippen MR) is 120 cm³/mol. The Balaban J connectivity index is 1.69. The summed E-state index contributed by atoms with van der Waals surface area (Å²) in [4.78, 5) is 13.2. The van der Waals surface area contributed by atoms with Gasteiger partial charge in [0, 0.05) is 23.9 Å². The highest BCUT2D eigenvalue weighted by Gasteiger charge is 2.19. The molecule has 0 saturated carbocycles. The van der Waals surface area contributed by atoms with Crippen LogP contribution in [0, 0.1) is 0 Å². The van der Waals surface area contributed by atoms with E-state index >= 15 is 0 Å². The Morgan fingerprint density at radius 2 is 1.71 bits per heavy atom. The van der Waals surface area contributed by atoms with Crippen LogP contribution in [-0.4, -0.2) is 29.9 Å².